The standard InChI is InChI=1S/C20H28N6O2.HI/c1-21-20(22-6-2-8-26-9-3-7-23-26)25-12-10-24(11-13-25)15-17-4-5-18-19(14-17)28-16-27-18;/h3-5,7,9,14H,2,6,8,10-13,15-16H2,1H3,(H,21,22);1H. The summed E-state index contributed by atoms with van der Waals surface area (Å²) in [4.78, 5) is 9.26. The molecule has 1 fully saturated rings. The van der Waals surface area contributed by atoms with Crippen LogP contribution in [-0.4, -0.2) is 72.1 Å². The lowest BCUT2D eigenvalue weighted by molar-refractivity contribution is 0.171. The lowest BCUT2D eigenvalue weighted by Crippen LogP contribution is -2.52. The number of guanidine groups is 1. The van der Waals surface area contributed by atoms with Crippen LogP contribution in [0.15, 0.2) is 41.7 Å². The van der Waals surface area contributed by atoms with Crippen LogP contribution in [0, 0.1) is 0 Å². The van der Waals surface area contributed by atoms with Crippen molar-refractivity contribution in [1.82, 2.24) is 24.9 Å². The number of aromatic nitrogens is 2. The molecule has 0 atom stereocenters. The van der Waals surface area contributed by atoms with Gasteiger partial charge in [-0.05, 0) is 30.2 Å². The highest BCUT2D eigenvalue weighted by atomic mass is 127. The summed E-state index contributed by atoms with van der Waals surface area (Å²) >= 11 is 0. The van der Waals surface area contributed by atoms with E-state index in [-0.39, 0.29) is 24.0 Å². The molecule has 0 radical (unpaired) electrons. The summed E-state index contributed by atoms with van der Waals surface area (Å²) in [7, 11) is 1.86. The van der Waals surface area contributed by atoms with Crippen LogP contribution in [0.4, 0.5) is 0 Å². The number of nitrogens with one attached hydrogen (secondary N) is 1. The number of rotatable bonds is 6. The molecule has 29 heavy (non-hydrogen) atoms. The minimum Gasteiger partial charge on any atom is -0.454 e. The summed E-state index contributed by atoms with van der Waals surface area (Å²) in [6.07, 6.45) is 4.83. The van der Waals surface area contributed by atoms with Crippen LogP contribution in [0.2, 0.25) is 0 Å². The van der Waals surface area contributed by atoms with Gasteiger partial charge in [-0.15, -0.1) is 24.0 Å². The van der Waals surface area contributed by atoms with Gasteiger partial charge in [-0.25, -0.2) is 0 Å². The van der Waals surface area contributed by atoms with E-state index in [1.807, 2.05) is 36.3 Å². The van der Waals surface area contributed by atoms with Crippen molar-refractivity contribution in [2.45, 2.75) is 19.5 Å². The van der Waals surface area contributed by atoms with E-state index in [1.54, 1.807) is 0 Å². The van der Waals surface area contributed by atoms with Crippen molar-refractivity contribution in [3.05, 3.63) is 42.2 Å². The maximum atomic E-state index is 5.48. The molecule has 4 rings (SSSR count). The van der Waals surface area contributed by atoms with Crippen molar-refractivity contribution in [3.8, 4) is 11.5 Å². The first-order valence-electron chi connectivity index (χ1n) is 9.86. The number of aliphatic imine (C=N–C) groups is 1. The Morgan fingerprint density at radius 2 is 2.00 bits per heavy atom. The Hall–Kier alpha value is -2.01. The number of hydrogen-bond donors (Lipinski definition) is 1. The maximum Gasteiger partial charge on any atom is 0.231 e. The molecule has 0 bridgehead atoms. The van der Waals surface area contributed by atoms with Crippen molar-refractivity contribution >= 4 is 29.9 Å². The molecule has 0 amide bonds. The van der Waals surface area contributed by atoms with Gasteiger partial charge in [-0.3, -0.25) is 14.6 Å². The molecule has 9 heteroatoms. The molecule has 0 spiro atoms. The SMILES string of the molecule is CN=C(NCCCn1cccn1)N1CCN(Cc2ccc3c(c2)OCO3)CC1.I. The van der Waals surface area contributed by atoms with Crippen molar-refractivity contribution in [2.75, 3.05) is 46.6 Å². The minimum absolute atomic E-state index is 0. The first-order valence-corrected chi connectivity index (χ1v) is 9.86. The molecule has 3 heterocycles. The van der Waals surface area contributed by atoms with Gasteiger partial charge in [0.2, 0.25) is 6.79 Å². The Morgan fingerprint density at radius 3 is 2.76 bits per heavy atom. The van der Waals surface area contributed by atoms with Crippen molar-refractivity contribution in [3.63, 3.8) is 0 Å². The predicted octanol–water partition coefficient (Wildman–Crippen LogP) is 2.01. The van der Waals surface area contributed by atoms with E-state index in [9.17, 15) is 0 Å². The molecule has 1 N–H and O–H groups in total. The lowest BCUT2D eigenvalue weighted by Gasteiger charge is -2.36. The van der Waals surface area contributed by atoms with Crippen molar-refractivity contribution < 1.29 is 9.47 Å². The highest BCUT2D eigenvalue weighted by molar-refractivity contribution is 14.0. The van der Waals surface area contributed by atoms with Crippen LogP contribution >= 0.6 is 24.0 Å². The van der Waals surface area contributed by atoms with Gasteiger partial charge in [0, 0.05) is 65.3 Å². The van der Waals surface area contributed by atoms with Crippen LogP contribution in [0.25, 0.3) is 0 Å². The molecular formula is C20H29IN6O2. The quantitative estimate of drug-likeness (QED) is 0.277. The van der Waals surface area contributed by atoms with Gasteiger partial charge in [0.25, 0.3) is 0 Å². The van der Waals surface area contributed by atoms with E-state index >= 15 is 0 Å². The Kier molecular flexibility index (Phi) is 7.99. The number of fused-ring (bicyclic) bond motifs is 1. The van der Waals surface area contributed by atoms with Gasteiger partial charge in [-0.2, -0.15) is 5.10 Å². The second-order valence-electron chi connectivity index (χ2n) is 7.05. The van der Waals surface area contributed by atoms with Gasteiger partial charge in [0.1, 0.15) is 0 Å². The van der Waals surface area contributed by atoms with Crippen LogP contribution in [-0.2, 0) is 13.1 Å². The highest BCUT2D eigenvalue weighted by Crippen LogP contribution is 2.32. The summed E-state index contributed by atoms with van der Waals surface area (Å²) in [5, 5.41) is 7.71. The van der Waals surface area contributed by atoms with Crippen LogP contribution in [0.3, 0.4) is 0 Å². The molecule has 0 saturated carbocycles. The molecule has 1 aromatic heterocycles. The zero-order valence-electron chi connectivity index (χ0n) is 16.8. The first-order chi connectivity index (χ1) is 13.8. The minimum atomic E-state index is 0. The van der Waals surface area contributed by atoms with Crippen molar-refractivity contribution in [1.29, 1.82) is 0 Å². The molecule has 1 aromatic carbocycles. The summed E-state index contributed by atoms with van der Waals surface area (Å²) in [6.45, 7) is 7.05. The smallest absolute Gasteiger partial charge is 0.231 e. The molecule has 2 aromatic rings. The third-order valence-electron chi connectivity index (χ3n) is 5.13. The number of nitrogens with zero attached hydrogens (tertiary/aromatic N) is 5. The normalized spacial score (nSPS) is 16.6. The molecule has 8 nitrogen and oxygen atoms in total. The van der Waals surface area contributed by atoms with Crippen LogP contribution in [0.1, 0.15) is 12.0 Å². The van der Waals surface area contributed by atoms with Gasteiger partial charge in [0.15, 0.2) is 17.5 Å². The Bertz CT molecular complexity index is 790. The Labute approximate surface area is 188 Å². The molecular weight excluding hydrogens is 483 g/mol. The first kappa shape index (κ1) is 21.7. The number of hydrogen-bond acceptors (Lipinski definition) is 5. The lowest BCUT2D eigenvalue weighted by atomic mass is 10.1. The Balaban J connectivity index is 0.00000240. The molecule has 2 aliphatic heterocycles. The largest absolute Gasteiger partial charge is 0.454 e. The van der Waals surface area contributed by atoms with E-state index in [2.05, 4.69) is 37.3 Å². The third kappa shape index (κ3) is 5.75. The fraction of sp³-hybridized carbons (Fsp3) is 0.500. The molecule has 0 unspecified atom stereocenters. The number of ether oxygens (including phenoxy) is 2. The van der Waals surface area contributed by atoms with Gasteiger partial charge in [-0.1, -0.05) is 6.07 Å². The highest BCUT2D eigenvalue weighted by Gasteiger charge is 2.20. The van der Waals surface area contributed by atoms with Crippen molar-refractivity contribution in [2.24, 2.45) is 4.99 Å². The van der Waals surface area contributed by atoms with E-state index < -0.39 is 0 Å². The zero-order chi connectivity index (χ0) is 19.2. The molecule has 2 aliphatic rings. The van der Waals surface area contributed by atoms with Gasteiger partial charge < -0.3 is 19.7 Å². The number of aryl methyl sites for hydroxylation is 1. The monoisotopic (exact) mass is 512 g/mol. The second-order valence-corrected chi connectivity index (χ2v) is 7.05. The van der Waals surface area contributed by atoms with E-state index in [1.165, 1.54) is 5.56 Å². The maximum absolute atomic E-state index is 5.48. The van der Waals surface area contributed by atoms with E-state index in [0.717, 1.165) is 69.7 Å². The summed E-state index contributed by atoms with van der Waals surface area (Å²) in [5.74, 6) is 2.69. The van der Waals surface area contributed by atoms with E-state index in [4.69, 9.17) is 9.47 Å². The molecule has 0 aliphatic carbocycles. The zero-order valence-corrected chi connectivity index (χ0v) is 19.1. The van der Waals surface area contributed by atoms with Gasteiger partial charge in [0.05, 0.1) is 0 Å². The average molecular weight is 512 g/mol. The second kappa shape index (κ2) is 10.7. The van der Waals surface area contributed by atoms with Gasteiger partial charge >= 0.3 is 0 Å². The number of benzene rings is 1. The van der Waals surface area contributed by atoms with E-state index in [0.29, 0.717) is 6.79 Å². The fourth-order valence-electron chi connectivity index (χ4n) is 3.62. The molecule has 158 valence electrons. The Morgan fingerprint density at radius 1 is 1.17 bits per heavy atom. The average Bonchev–Trinajstić information content (AvgIpc) is 3.40. The summed E-state index contributed by atoms with van der Waals surface area (Å²) in [5.41, 5.74) is 1.26. The summed E-state index contributed by atoms with van der Waals surface area (Å²) in [6, 6.07) is 8.17. The topological polar surface area (TPSA) is 67.2 Å². The van der Waals surface area contributed by atoms with Crippen LogP contribution in [0.5, 0.6) is 11.5 Å². The third-order valence-corrected chi connectivity index (χ3v) is 5.13. The predicted molar refractivity (Wildman–Crippen MR) is 123 cm³/mol. The van der Waals surface area contributed by atoms with Crippen LogP contribution < -0.4 is 14.8 Å². The number of piperazine rings is 1. The summed E-state index contributed by atoms with van der Waals surface area (Å²) < 4.78 is 12.8. The fourth-order valence-corrected chi connectivity index (χ4v) is 3.62. The number of halogens is 1. The molecule has 1 saturated heterocycles.